The van der Waals surface area contributed by atoms with Crippen LogP contribution in [0.2, 0.25) is 5.02 Å². The summed E-state index contributed by atoms with van der Waals surface area (Å²) in [6.45, 7) is 1.79. The molecule has 1 aromatic carbocycles. The summed E-state index contributed by atoms with van der Waals surface area (Å²) in [6, 6.07) is 3.15. The third kappa shape index (κ3) is 2.29. The molecule has 0 amide bonds. The molecule has 14 heavy (non-hydrogen) atoms. The maximum atomic E-state index is 9.51. The standard InChI is InChI=1S/C9H11ClN2O2/c1-5-2-8(13)6(3-7(5)10)4-9(11)12-14/h2-3,13-14H,4H2,1H3,(H2,11,12). The number of aryl methyl sites for hydroxylation is 1. The van der Waals surface area contributed by atoms with Gasteiger partial charge in [0, 0.05) is 17.0 Å². The van der Waals surface area contributed by atoms with Gasteiger partial charge in [-0.05, 0) is 24.6 Å². The van der Waals surface area contributed by atoms with Crippen molar-refractivity contribution in [1.82, 2.24) is 0 Å². The minimum Gasteiger partial charge on any atom is -0.508 e. The van der Waals surface area contributed by atoms with Crippen molar-refractivity contribution in [1.29, 1.82) is 0 Å². The predicted octanol–water partition coefficient (Wildman–Crippen LogP) is 1.64. The normalized spacial score (nSPS) is 11.7. The van der Waals surface area contributed by atoms with Gasteiger partial charge in [0.2, 0.25) is 0 Å². The summed E-state index contributed by atoms with van der Waals surface area (Å²) >= 11 is 5.86. The predicted molar refractivity (Wildman–Crippen MR) is 55.0 cm³/mol. The van der Waals surface area contributed by atoms with Gasteiger partial charge < -0.3 is 16.0 Å². The minimum atomic E-state index is 0.0280. The third-order valence-electron chi connectivity index (χ3n) is 1.86. The smallest absolute Gasteiger partial charge is 0.143 e. The number of nitrogens with two attached hydrogens (primary N) is 1. The maximum Gasteiger partial charge on any atom is 0.143 e. The van der Waals surface area contributed by atoms with Gasteiger partial charge in [0.1, 0.15) is 11.6 Å². The van der Waals surface area contributed by atoms with Crippen molar-refractivity contribution in [3.63, 3.8) is 0 Å². The number of hydrogen-bond donors (Lipinski definition) is 3. The first-order valence-corrected chi connectivity index (χ1v) is 4.36. The quantitative estimate of drug-likeness (QED) is 0.303. The molecular weight excluding hydrogens is 204 g/mol. The van der Waals surface area contributed by atoms with Gasteiger partial charge in [-0.2, -0.15) is 0 Å². The zero-order chi connectivity index (χ0) is 10.7. The van der Waals surface area contributed by atoms with E-state index in [2.05, 4.69) is 5.16 Å². The number of amidine groups is 1. The largest absolute Gasteiger partial charge is 0.508 e. The van der Waals surface area contributed by atoms with E-state index in [-0.39, 0.29) is 18.0 Å². The van der Waals surface area contributed by atoms with Crippen LogP contribution in [0.25, 0.3) is 0 Å². The Balaban J connectivity index is 3.04. The second-order valence-electron chi connectivity index (χ2n) is 3.00. The molecule has 4 nitrogen and oxygen atoms in total. The molecule has 4 N–H and O–H groups in total. The Morgan fingerprint density at radius 2 is 2.21 bits per heavy atom. The second-order valence-corrected chi connectivity index (χ2v) is 3.41. The number of phenolic OH excluding ortho intramolecular Hbond substituents is 1. The molecule has 1 aromatic rings. The van der Waals surface area contributed by atoms with E-state index in [0.29, 0.717) is 10.6 Å². The Bertz CT molecular complexity index is 377. The fraction of sp³-hybridized carbons (Fsp3) is 0.222. The van der Waals surface area contributed by atoms with Gasteiger partial charge in [-0.3, -0.25) is 0 Å². The first kappa shape index (κ1) is 10.7. The van der Waals surface area contributed by atoms with E-state index >= 15 is 0 Å². The highest BCUT2D eigenvalue weighted by Crippen LogP contribution is 2.25. The molecule has 0 spiro atoms. The number of hydrogen-bond acceptors (Lipinski definition) is 3. The van der Waals surface area contributed by atoms with Gasteiger partial charge in [0.05, 0.1) is 0 Å². The highest BCUT2D eigenvalue weighted by molar-refractivity contribution is 6.31. The van der Waals surface area contributed by atoms with Gasteiger partial charge in [-0.25, -0.2) is 0 Å². The number of halogens is 1. The van der Waals surface area contributed by atoms with E-state index in [0.717, 1.165) is 5.56 Å². The second kappa shape index (κ2) is 4.19. The van der Waals surface area contributed by atoms with Gasteiger partial charge in [0.25, 0.3) is 0 Å². The van der Waals surface area contributed by atoms with Gasteiger partial charge in [-0.15, -0.1) is 0 Å². The summed E-state index contributed by atoms with van der Waals surface area (Å²) in [4.78, 5) is 0. The zero-order valence-corrected chi connectivity index (χ0v) is 8.41. The van der Waals surface area contributed by atoms with E-state index in [9.17, 15) is 5.11 Å². The number of rotatable bonds is 2. The summed E-state index contributed by atoms with van der Waals surface area (Å²) in [5.74, 6) is 0.124. The summed E-state index contributed by atoms with van der Waals surface area (Å²) in [7, 11) is 0. The fourth-order valence-electron chi connectivity index (χ4n) is 1.08. The average Bonchev–Trinajstić information content (AvgIpc) is 2.14. The molecule has 0 fully saturated rings. The molecule has 0 aliphatic rings. The number of aromatic hydroxyl groups is 1. The van der Waals surface area contributed by atoms with Crippen molar-refractivity contribution >= 4 is 17.4 Å². The summed E-state index contributed by atoms with van der Waals surface area (Å²) in [5.41, 5.74) is 6.63. The lowest BCUT2D eigenvalue weighted by Gasteiger charge is -2.06. The van der Waals surface area contributed by atoms with E-state index in [1.165, 1.54) is 0 Å². The lowest BCUT2D eigenvalue weighted by molar-refractivity contribution is 0.317. The van der Waals surface area contributed by atoms with Crippen molar-refractivity contribution in [3.05, 3.63) is 28.3 Å². The molecule has 0 unspecified atom stereocenters. The van der Waals surface area contributed by atoms with Crippen LogP contribution in [0.1, 0.15) is 11.1 Å². The Kier molecular flexibility index (Phi) is 3.19. The van der Waals surface area contributed by atoms with Crippen molar-refractivity contribution < 1.29 is 10.3 Å². The van der Waals surface area contributed by atoms with Crippen molar-refractivity contribution in [3.8, 4) is 5.75 Å². The molecule has 0 heterocycles. The molecule has 0 saturated carbocycles. The number of oxime groups is 1. The van der Waals surface area contributed by atoms with Crippen LogP contribution in [0.3, 0.4) is 0 Å². The van der Waals surface area contributed by atoms with Crippen molar-refractivity contribution in [2.24, 2.45) is 10.9 Å². The zero-order valence-electron chi connectivity index (χ0n) is 7.66. The van der Waals surface area contributed by atoms with Crippen LogP contribution >= 0.6 is 11.6 Å². The summed E-state index contributed by atoms with van der Waals surface area (Å²) in [6.07, 6.45) is 0.169. The van der Waals surface area contributed by atoms with E-state index in [1.54, 1.807) is 19.1 Å². The Hall–Kier alpha value is -1.42. The highest BCUT2D eigenvalue weighted by atomic mass is 35.5. The van der Waals surface area contributed by atoms with Crippen LogP contribution < -0.4 is 5.73 Å². The average molecular weight is 215 g/mol. The molecule has 1 rings (SSSR count). The molecular formula is C9H11ClN2O2. The summed E-state index contributed by atoms with van der Waals surface area (Å²) < 4.78 is 0. The van der Waals surface area contributed by atoms with Crippen LogP contribution in [0.15, 0.2) is 17.3 Å². The number of nitrogens with zero attached hydrogens (tertiary/aromatic N) is 1. The molecule has 5 heteroatoms. The molecule has 0 aliphatic carbocycles. The summed E-state index contributed by atoms with van der Waals surface area (Å²) in [5, 5.41) is 21.2. The minimum absolute atomic E-state index is 0.0280. The molecule has 0 aromatic heterocycles. The molecule has 0 bridgehead atoms. The van der Waals surface area contributed by atoms with Crippen LogP contribution in [-0.4, -0.2) is 16.1 Å². The van der Waals surface area contributed by atoms with Crippen LogP contribution in [0, 0.1) is 6.92 Å². The van der Waals surface area contributed by atoms with Crippen LogP contribution in [-0.2, 0) is 6.42 Å². The maximum absolute atomic E-state index is 9.51. The SMILES string of the molecule is Cc1cc(O)c(C/C(N)=N/O)cc1Cl. The first-order valence-electron chi connectivity index (χ1n) is 3.99. The Morgan fingerprint density at radius 1 is 1.57 bits per heavy atom. The van der Waals surface area contributed by atoms with Crippen LogP contribution in [0.5, 0.6) is 5.75 Å². The molecule has 0 atom stereocenters. The fourth-order valence-corrected chi connectivity index (χ4v) is 1.27. The lowest BCUT2D eigenvalue weighted by Crippen LogP contribution is -2.14. The van der Waals surface area contributed by atoms with Gasteiger partial charge in [-0.1, -0.05) is 16.8 Å². The van der Waals surface area contributed by atoms with Crippen LogP contribution in [0.4, 0.5) is 0 Å². The molecule has 0 radical (unpaired) electrons. The van der Waals surface area contributed by atoms with Crippen molar-refractivity contribution in [2.75, 3.05) is 0 Å². The Labute approximate surface area is 86.6 Å². The van der Waals surface area contributed by atoms with Gasteiger partial charge in [0.15, 0.2) is 0 Å². The first-order chi connectivity index (χ1) is 6.54. The van der Waals surface area contributed by atoms with Gasteiger partial charge >= 0.3 is 0 Å². The number of phenols is 1. The molecule has 0 aliphatic heterocycles. The Morgan fingerprint density at radius 3 is 2.79 bits per heavy atom. The monoisotopic (exact) mass is 214 g/mol. The van der Waals surface area contributed by atoms with E-state index < -0.39 is 0 Å². The highest BCUT2D eigenvalue weighted by Gasteiger charge is 2.07. The molecule has 76 valence electrons. The third-order valence-corrected chi connectivity index (χ3v) is 2.27. The topological polar surface area (TPSA) is 78.8 Å². The lowest BCUT2D eigenvalue weighted by atomic mass is 10.1. The number of benzene rings is 1. The van der Waals surface area contributed by atoms with E-state index in [1.807, 2.05) is 0 Å². The molecule has 0 saturated heterocycles. The van der Waals surface area contributed by atoms with E-state index in [4.69, 9.17) is 22.5 Å². The van der Waals surface area contributed by atoms with Crippen molar-refractivity contribution in [2.45, 2.75) is 13.3 Å².